The Morgan fingerprint density at radius 2 is 2.18 bits per heavy atom. The van der Waals surface area contributed by atoms with E-state index >= 15 is 0 Å². The summed E-state index contributed by atoms with van der Waals surface area (Å²) >= 11 is 0. The van der Waals surface area contributed by atoms with Crippen molar-refractivity contribution in [3.8, 4) is 0 Å². The van der Waals surface area contributed by atoms with E-state index < -0.39 is 0 Å². The fraction of sp³-hybridized carbons (Fsp3) is 0.692. The molecule has 4 nitrogen and oxygen atoms in total. The van der Waals surface area contributed by atoms with Crippen LogP contribution in [-0.4, -0.2) is 29.6 Å². The Balaban J connectivity index is 2.86. The molecule has 0 radical (unpaired) electrons. The molecule has 1 aromatic heterocycles. The van der Waals surface area contributed by atoms with Crippen LogP contribution in [0.1, 0.15) is 40.0 Å². The van der Waals surface area contributed by atoms with Crippen molar-refractivity contribution >= 4 is 11.8 Å². The summed E-state index contributed by atoms with van der Waals surface area (Å²) in [5.41, 5.74) is 0. The molecule has 1 unspecified atom stereocenters. The van der Waals surface area contributed by atoms with E-state index in [1.54, 1.807) is 0 Å². The highest BCUT2D eigenvalue weighted by molar-refractivity contribution is 5.43. The Morgan fingerprint density at radius 3 is 2.76 bits per heavy atom. The summed E-state index contributed by atoms with van der Waals surface area (Å²) in [5, 5.41) is 2.99. The summed E-state index contributed by atoms with van der Waals surface area (Å²) in [7, 11) is 1.85. The van der Waals surface area contributed by atoms with E-state index in [1.165, 1.54) is 12.8 Å². The average Bonchev–Trinajstić information content (AvgIpc) is 2.39. The van der Waals surface area contributed by atoms with E-state index in [1.807, 2.05) is 19.3 Å². The summed E-state index contributed by atoms with van der Waals surface area (Å²) in [5.74, 6) is 1.71. The van der Waals surface area contributed by atoms with Crippen molar-refractivity contribution in [3.63, 3.8) is 0 Å². The number of hydrogen-bond donors (Lipinski definition) is 1. The van der Waals surface area contributed by atoms with Crippen molar-refractivity contribution in [1.82, 2.24) is 9.97 Å². The molecule has 0 bridgehead atoms. The average molecular weight is 236 g/mol. The lowest BCUT2D eigenvalue weighted by molar-refractivity contribution is 0.589. The molecule has 1 aromatic rings. The summed E-state index contributed by atoms with van der Waals surface area (Å²) in [6.45, 7) is 7.74. The third-order valence-electron chi connectivity index (χ3n) is 3.03. The van der Waals surface area contributed by atoms with E-state index in [0.717, 1.165) is 18.8 Å². The van der Waals surface area contributed by atoms with Crippen LogP contribution in [-0.2, 0) is 0 Å². The lowest BCUT2D eigenvalue weighted by Crippen LogP contribution is -2.34. The van der Waals surface area contributed by atoms with Crippen LogP contribution < -0.4 is 10.2 Å². The number of nitrogens with zero attached hydrogens (tertiary/aromatic N) is 3. The second-order valence-corrected chi connectivity index (χ2v) is 4.29. The van der Waals surface area contributed by atoms with Gasteiger partial charge in [-0.05, 0) is 25.8 Å². The zero-order chi connectivity index (χ0) is 12.7. The molecule has 0 aliphatic heterocycles. The fourth-order valence-electron chi connectivity index (χ4n) is 1.74. The highest BCUT2D eigenvalue weighted by atomic mass is 15.2. The maximum Gasteiger partial charge on any atom is 0.224 e. The van der Waals surface area contributed by atoms with Crippen LogP contribution in [0, 0.1) is 0 Å². The van der Waals surface area contributed by atoms with Crippen molar-refractivity contribution in [2.45, 2.75) is 46.1 Å². The molecule has 17 heavy (non-hydrogen) atoms. The molecule has 1 heterocycles. The van der Waals surface area contributed by atoms with Crippen LogP contribution in [0.25, 0.3) is 0 Å². The maximum atomic E-state index is 4.52. The van der Waals surface area contributed by atoms with Gasteiger partial charge in [-0.2, -0.15) is 4.98 Å². The second kappa shape index (κ2) is 7.09. The van der Waals surface area contributed by atoms with Gasteiger partial charge in [-0.3, -0.25) is 0 Å². The van der Waals surface area contributed by atoms with Crippen molar-refractivity contribution in [2.24, 2.45) is 0 Å². The number of aromatic nitrogens is 2. The molecule has 0 saturated carbocycles. The van der Waals surface area contributed by atoms with E-state index in [0.29, 0.717) is 12.0 Å². The van der Waals surface area contributed by atoms with Gasteiger partial charge >= 0.3 is 0 Å². The molecule has 96 valence electrons. The molecule has 0 spiro atoms. The SMILES string of the molecule is CCCCN(c1ccnc(NC)n1)C(C)CC. The lowest BCUT2D eigenvalue weighted by Gasteiger charge is -2.29. The molecule has 0 saturated heterocycles. The molecule has 1 N–H and O–H groups in total. The minimum Gasteiger partial charge on any atom is -0.357 e. The first-order valence-electron chi connectivity index (χ1n) is 6.50. The van der Waals surface area contributed by atoms with Gasteiger partial charge in [0.1, 0.15) is 5.82 Å². The smallest absolute Gasteiger partial charge is 0.224 e. The minimum absolute atomic E-state index is 0.515. The first-order chi connectivity index (χ1) is 8.22. The largest absolute Gasteiger partial charge is 0.357 e. The Morgan fingerprint density at radius 1 is 1.41 bits per heavy atom. The molecule has 1 atom stereocenters. The normalized spacial score (nSPS) is 12.2. The predicted molar refractivity (Wildman–Crippen MR) is 73.6 cm³/mol. The standard InChI is InChI=1S/C13H24N4/c1-5-7-10-17(11(3)6-2)12-8-9-15-13(14-4)16-12/h8-9,11H,5-7,10H2,1-4H3,(H,14,15,16). The highest BCUT2D eigenvalue weighted by Gasteiger charge is 2.14. The first kappa shape index (κ1) is 13.7. The minimum atomic E-state index is 0.515. The highest BCUT2D eigenvalue weighted by Crippen LogP contribution is 2.17. The quantitative estimate of drug-likeness (QED) is 0.790. The number of hydrogen-bond acceptors (Lipinski definition) is 4. The molecule has 0 amide bonds. The molecular weight excluding hydrogens is 212 g/mol. The van der Waals surface area contributed by atoms with Crippen LogP contribution in [0.2, 0.25) is 0 Å². The topological polar surface area (TPSA) is 41.1 Å². The maximum absolute atomic E-state index is 4.52. The van der Waals surface area contributed by atoms with Gasteiger partial charge in [-0.15, -0.1) is 0 Å². The van der Waals surface area contributed by atoms with E-state index in [9.17, 15) is 0 Å². The summed E-state index contributed by atoms with van der Waals surface area (Å²) in [6, 6.07) is 2.50. The third-order valence-corrected chi connectivity index (χ3v) is 3.03. The van der Waals surface area contributed by atoms with Gasteiger partial charge < -0.3 is 10.2 Å². The number of anilines is 2. The van der Waals surface area contributed by atoms with Crippen LogP contribution in [0.15, 0.2) is 12.3 Å². The molecule has 0 aromatic carbocycles. The van der Waals surface area contributed by atoms with Crippen LogP contribution in [0.3, 0.4) is 0 Å². The number of unbranched alkanes of at least 4 members (excludes halogenated alkanes) is 1. The van der Waals surface area contributed by atoms with Gasteiger partial charge in [0, 0.05) is 25.8 Å². The van der Waals surface area contributed by atoms with Crippen LogP contribution >= 0.6 is 0 Å². The molecule has 4 heteroatoms. The number of nitrogens with one attached hydrogen (secondary N) is 1. The third kappa shape index (κ3) is 3.88. The predicted octanol–water partition coefficient (Wildman–Crippen LogP) is 2.92. The van der Waals surface area contributed by atoms with E-state index in [4.69, 9.17) is 0 Å². The van der Waals surface area contributed by atoms with Crippen molar-refractivity contribution in [1.29, 1.82) is 0 Å². The monoisotopic (exact) mass is 236 g/mol. The van der Waals surface area contributed by atoms with E-state index in [-0.39, 0.29) is 0 Å². The van der Waals surface area contributed by atoms with Gasteiger partial charge in [0.25, 0.3) is 0 Å². The lowest BCUT2D eigenvalue weighted by atomic mass is 10.2. The van der Waals surface area contributed by atoms with Gasteiger partial charge in [-0.1, -0.05) is 20.3 Å². The first-order valence-corrected chi connectivity index (χ1v) is 6.50. The van der Waals surface area contributed by atoms with Crippen molar-refractivity contribution in [2.75, 3.05) is 23.8 Å². The molecule has 0 fully saturated rings. The van der Waals surface area contributed by atoms with E-state index in [2.05, 4.69) is 41.0 Å². The molecule has 1 rings (SSSR count). The summed E-state index contributed by atoms with van der Waals surface area (Å²) in [6.07, 6.45) is 5.35. The van der Waals surface area contributed by atoms with Gasteiger partial charge in [-0.25, -0.2) is 4.98 Å². The van der Waals surface area contributed by atoms with Crippen molar-refractivity contribution < 1.29 is 0 Å². The summed E-state index contributed by atoms with van der Waals surface area (Å²) < 4.78 is 0. The van der Waals surface area contributed by atoms with Crippen LogP contribution in [0.4, 0.5) is 11.8 Å². The zero-order valence-electron chi connectivity index (χ0n) is 11.4. The number of rotatable bonds is 7. The Labute approximate surface area is 104 Å². The Kier molecular flexibility index (Phi) is 5.73. The fourth-order valence-corrected chi connectivity index (χ4v) is 1.74. The van der Waals surface area contributed by atoms with Gasteiger partial charge in [0.05, 0.1) is 0 Å². The molecular formula is C13H24N4. The molecule has 0 aliphatic carbocycles. The summed E-state index contributed by atoms with van der Waals surface area (Å²) in [4.78, 5) is 11.0. The van der Waals surface area contributed by atoms with Crippen molar-refractivity contribution in [3.05, 3.63) is 12.3 Å². The van der Waals surface area contributed by atoms with Gasteiger partial charge in [0.15, 0.2) is 0 Å². The second-order valence-electron chi connectivity index (χ2n) is 4.29. The zero-order valence-corrected chi connectivity index (χ0v) is 11.4. The molecule has 0 aliphatic rings. The van der Waals surface area contributed by atoms with Crippen LogP contribution in [0.5, 0.6) is 0 Å². The Hall–Kier alpha value is -1.32. The van der Waals surface area contributed by atoms with Gasteiger partial charge in [0.2, 0.25) is 5.95 Å². The Bertz CT molecular complexity index is 327.